The number of likely N-dealkylation sites (tertiary alicyclic amines) is 1. The number of hydrogen-bond donors (Lipinski definition) is 1. The van der Waals surface area contributed by atoms with Crippen molar-refractivity contribution in [3.63, 3.8) is 0 Å². The number of nitrogens with zero attached hydrogens (tertiary/aromatic N) is 2. The molecule has 0 bridgehead atoms. The first-order chi connectivity index (χ1) is 10.3. The van der Waals surface area contributed by atoms with Gasteiger partial charge in [0.25, 0.3) is 5.91 Å². The van der Waals surface area contributed by atoms with Crippen LogP contribution < -0.4 is 5.14 Å². The zero-order valence-electron chi connectivity index (χ0n) is 12.4. The van der Waals surface area contributed by atoms with Gasteiger partial charge in [0.2, 0.25) is 10.0 Å². The predicted octanol–water partition coefficient (Wildman–Crippen LogP) is 0.929. The van der Waals surface area contributed by atoms with E-state index in [4.69, 9.17) is 5.14 Å². The first-order valence-corrected chi connectivity index (χ1v) is 8.90. The fraction of sp³-hybridized carbons (Fsp3) is 0.400. The summed E-state index contributed by atoms with van der Waals surface area (Å²) in [7, 11) is -1.58. The average molecular weight is 321 g/mol. The number of aryl methyl sites for hydroxylation is 1. The van der Waals surface area contributed by atoms with Crippen molar-refractivity contribution in [2.75, 3.05) is 18.8 Å². The number of amides is 1. The second-order valence-electron chi connectivity index (χ2n) is 5.91. The lowest BCUT2D eigenvalue weighted by Crippen LogP contribution is -2.30. The van der Waals surface area contributed by atoms with Crippen molar-refractivity contribution < 1.29 is 13.2 Å². The van der Waals surface area contributed by atoms with Gasteiger partial charge in [0.05, 0.1) is 11.3 Å². The van der Waals surface area contributed by atoms with E-state index in [0.717, 1.165) is 10.9 Å². The van der Waals surface area contributed by atoms with Gasteiger partial charge in [0, 0.05) is 37.2 Å². The van der Waals surface area contributed by atoms with Crippen molar-refractivity contribution >= 4 is 26.8 Å². The van der Waals surface area contributed by atoms with Gasteiger partial charge in [-0.1, -0.05) is 18.2 Å². The molecule has 0 saturated carbocycles. The van der Waals surface area contributed by atoms with Gasteiger partial charge < -0.3 is 9.47 Å². The second kappa shape index (κ2) is 5.40. The van der Waals surface area contributed by atoms with Gasteiger partial charge in [0.1, 0.15) is 0 Å². The van der Waals surface area contributed by atoms with Gasteiger partial charge in [-0.15, -0.1) is 0 Å². The van der Waals surface area contributed by atoms with E-state index in [1.54, 1.807) is 4.90 Å². The third kappa shape index (κ3) is 2.86. The molecule has 22 heavy (non-hydrogen) atoms. The molecule has 2 N–H and O–H groups in total. The first kappa shape index (κ1) is 15.1. The molecule has 0 spiro atoms. The molecule has 7 heteroatoms. The van der Waals surface area contributed by atoms with E-state index in [1.807, 2.05) is 42.1 Å². The Hall–Kier alpha value is -1.86. The Bertz CT molecular complexity index is 826. The molecule has 1 unspecified atom stereocenters. The maximum absolute atomic E-state index is 12.7. The van der Waals surface area contributed by atoms with E-state index >= 15 is 0 Å². The molecule has 2 aromatic rings. The van der Waals surface area contributed by atoms with E-state index in [9.17, 15) is 13.2 Å². The van der Waals surface area contributed by atoms with E-state index in [0.29, 0.717) is 25.1 Å². The predicted molar refractivity (Wildman–Crippen MR) is 84.9 cm³/mol. The molecule has 2 heterocycles. The summed E-state index contributed by atoms with van der Waals surface area (Å²) in [5.74, 6) is -0.186. The summed E-state index contributed by atoms with van der Waals surface area (Å²) in [6.45, 7) is 1.01. The fourth-order valence-electron chi connectivity index (χ4n) is 3.16. The van der Waals surface area contributed by atoms with Crippen LogP contribution in [0.2, 0.25) is 0 Å². The van der Waals surface area contributed by atoms with Crippen molar-refractivity contribution in [1.29, 1.82) is 0 Å². The highest BCUT2D eigenvalue weighted by atomic mass is 32.2. The van der Waals surface area contributed by atoms with E-state index in [1.165, 1.54) is 0 Å². The Morgan fingerprint density at radius 1 is 1.36 bits per heavy atom. The molecule has 1 saturated heterocycles. The number of rotatable bonds is 3. The Kier molecular flexibility index (Phi) is 3.70. The number of nitrogens with two attached hydrogens (primary N) is 1. The highest BCUT2D eigenvalue weighted by Crippen LogP contribution is 2.25. The topological polar surface area (TPSA) is 85.4 Å². The third-order valence-electron chi connectivity index (χ3n) is 4.17. The number of aromatic nitrogens is 1. The SMILES string of the molecule is Cn1cc(C(=O)N2CCC(CS(N)(=O)=O)C2)c2ccccc21. The number of hydrogen-bond acceptors (Lipinski definition) is 3. The third-order valence-corrected chi connectivity index (χ3v) is 5.10. The Balaban J connectivity index is 1.82. The lowest BCUT2D eigenvalue weighted by Gasteiger charge is -2.16. The molecular weight excluding hydrogens is 302 g/mol. The summed E-state index contributed by atoms with van der Waals surface area (Å²) in [5, 5.41) is 6.01. The summed E-state index contributed by atoms with van der Waals surface area (Å²) in [4.78, 5) is 14.4. The summed E-state index contributed by atoms with van der Waals surface area (Å²) >= 11 is 0. The molecule has 3 rings (SSSR count). The van der Waals surface area contributed by atoms with Crippen LogP contribution in [-0.2, 0) is 17.1 Å². The molecule has 1 aliphatic rings. The number of para-hydroxylation sites is 1. The van der Waals surface area contributed by atoms with Crippen LogP contribution >= 0.6 is 0 Å². The molecule has 1 amide bonds. The summed E-state index contributed by atoms with van der Waals surface area (Å²) in [5.41, 5.74) is 1.67. The largest absolute Gasteiger partial charge is 0.350 e. The number of carbonyl (C=O) groups excluding carboxylic acids is 1. The highest BCUT2D eigenvalue weighted by molar-refractivity contribution is 7.89. The molecule has 0 aliphatic carbocycles. The van der Waals surface area contributed by atoms with Gasteiger partial charge in [-0.2, -0.15) is 0 Å². The van der Waals surface area contributed by atoms with Crippen molar-refractivity contribution in [2.24, 2.45) is 18.1 Å². The van der Waals surface area contributed by atoms with Crippen LogP contribution in [0, 0.1) is 5.92 Å². The van der Waals surface area contributed by atoms with Crippen LogP contribution in [0.5, 0.6) is 0 Å². The average Bonchev–Trinajstić information content (AvgIpc) is 3.02. The van der Waals surface area contributed by atoms with Crippen molar-refractivity contribution in [1.82, 2.24) is 9.47 Å². The number of sulfonamides is 1. The molecule has 1 aromatic carbocycles. The summed E-state index contributed by atoms with van der Waals surface area (Å²) in [6.07, 6.45) is 2.51. The van der Waals surface area contributed by atoms with Crippen LogP contribution in [0.4, 0.5) is 0 Å². The van der Waals surface area contributed by atoms with E-state index < -0.39 is 10.0 Å². The van der Waals surface area contributed by atoms with Crippen LogP contribution in [0.1, 0.15) is 16.8 Å². The van der Waals surface area contributed by atoms with Crippen molar-refractivity contribution in [3.8, 4) is 0 Å². The normalized spacial score (nSPS) is 19.0. The van der Waals surface area contributed by atoms with Gasteiger partial charge in [-0.3, -0.25) is 4.79 Å². The standard InChI is InChI=1S/C15H19N3O3S/c1-17-9-13(12-4-2-3-5-14(12)17)15(19)18-7-6-11(8-18)10-22(16,20)21/h2-5,9,11H,6-8,10H2,1H3,(H2,16,20,21). The molecule has 1 atom stereocenters. The highest BCUT2D eigenvalue weighted by Gasteiger charge is 2.30. The summed E-state index contributed by atoms with van der Waals surface area (Å²) < 4.78 is 24.3. The lowest BCUT2D eigenvalue weighted by molar-refractivity contribution is 0.0790. The monoisotopic (exact) mass is 321 g/mol. The molecule has 0 radical (unpaired) electrons. The Morgan fingerprint density at radius 3 is 2.82 bits per heavy atom. The smallest absolute Gasteiger partial charge is 0.256 e. The second-order valence-corrected chi connectivity index (χ2v) is 7.57. The zero-order valence-corrected chi connectivity index (χ0v) is 13.2. The maximum atomic E-state index is 12.7. The quantitative estimate of drug-likeness (QED) is 0.912. The summed E-state index contributed by atoms with van der Waals surface area (Å²) in [6, 6.07) is 7.75. The van der Waals surface area contributed by atoms with Gasteiger partial charge in [-0.05, 0) is 18.4 Å². The fourth-order valence-corrected chi connectivity index (χ4v) is 4.09. The minimum absolute atomic E-state index is 0.0475. The zero-order chi connectivity index (χ0) is 15.9. The first-order valence-electron chi connectivity index (χ1n) is 7.19. The van der Waals surface area contributed by atoms with Gasteiger partial charge >= 0.3 is 0 Å². The van der Waals surface area contributed by atoms with E-state index in [2.05, 4.69) is 0 Å². The number of primary sulfonamides is 1. The molecular formula is C15H19N3O3S. The minimum Gasteiger partial charge on any atom is -0.350 e. The van der Waals surface area contributed by atoms with Crippen LogP contribution in [0.25, 0.3) is 10.9 Å². The van der Waals surface area contributed by atoms with Crippen molar-refractivity contribution in [2.45, 2.75) is 6.42 Å². The molecule has 1 aliphatic heterocycles. The van der Waals surface area contributed by atoms with Crippen LogP contribution in [0.15, 0.2) is 30.5 Å². The molecule has 1 aromatic heterocycles. The van der Waals surface area contributed by atoms with Gasteiger partial charge in [-0.25, -0.2) is 13.6 Å². The Morgan fingerprint density at radius 2 is 2.09 bits per heavy atom. The van der Waals surface area contributed by atoms with Crippen LogP contribution in [-0.4, -0.2) is 42.6 Å². The molecule has 1 fully saturated rings. The van der Waals surface area contributed by atoms with E-state index in [-0.39, 0.29) is 17.6 Å². The molecule has 118 valence electrons. The van der Waals surface area contributed by atoms with Crippen LogP contribution in [0.3, 0.4) is 0 Å². The molecule has 6 nitrogen and oxygen atoms in total. The van der Waals surface area contributed by atoms with Crippen molar-refractivity contribution in [3.05, 3.63) is 36.0 Å². The number of fused-ring (bicyclic) bond motifs is 1. The minimum atomic E-state index is -3.49. The van der Waals surface area contributed by atoms with Gasteiger partial charge in [0.15, 0.2) is 0 Å². The maximum Gasteiger partial charge on any atom is 0.256 e. The Labute approximate surface area is 129 Å². The number of carbonyl (C=O) groups is 1. The number of benzene rings is 1. The lowest BCUT2D eigenvalue weighted by atomic mass is 10.1.